The van der Waals surface area contributed by atoms with Crippen LogP contribution in [0.4, 0.5) is 0 Å². The van der Waals surface area contributed by atoms with Gasteiger partial charge >= 0.3 is 5.97 Å². The van der Waals surface area contributed by atoms with Crippen molar-refractivity contribution in [3.05, 3.63) is 34.4 Å². The van der Waals surface area contributed by atoms with Crippen molar-refractivity contribution in [3.8, 4) is 0 Å². The standard InChI is InChI=1S/C12H12BrNO2/c13-9-4-2-5-10-12(9)8(7-14-10)3-1-6-11(15)16/h2,4-5,7,14H,1,3,6H2,(H,15,16). The second-order valence-corrected chi connectivity index (χ2v) is 4.58. The molecule has 2 N–H and O–H groups in total. The first kappa shape index (κ1) is 11.2. The SMILES string of the molecule is O=C(O)CCCc1c[nH]c2cccc(Br)c12. The molecule has 1 aromatic carbocycles. The van der Waals surface area contributed by atoms with Crippen molar-refractivity contribution in [3.63, 3.8) is 0 Å². The summed E-state index contributed by atoms with van der Waals surface area (Å²) in [6.07, 6.45) is 3.63. The highest BCUT2D eigenvalue weighted by Gasteiger charge is 2.07. The molecule has 0 amide bonds. The van der Waals surface area contributed by atoms with Crippen molar-refractivity contribution in [2.75, 3.05) is 0 Å². The van der Waals surface area contributed by atoms with Crippen LogP contribution in [-0.2, 0) is 11.2 Å². The van der Waals surface area contributed by atoms with Crippen LogP contribution >= 0.6 is 15.9 Å². The lowest BCUT2D eigenvalue weighted by Gasteiger charge is -1.99. The number of carbonyl (C=O) groups is 1. The molecule has 0 atom stereocenters. The Labute approximate surface area is 102 Å². The number of rotatable bonds is 4. The molecule has 0 spiro atoms. The van der Waals surface area contributed by atoms with Crippen LogP contribution in [0, 0.1) is 0 Å². The number of aromatic amines is 1. The Morgan fingerprint density at radius 1 is 1.44 bits per heavy atom. The van der Waals surface area contributed by atoms with E-state index in [4.69, 9.17) is 5.11 Å². The molecule has 1 aromatic heterocycles. The molecule has 0 aliphatic rings. The number of benzene rings is 1. The van der Waals surface area contributed by atoms with E-state index in [2.05, 4.69) is 20.9 Å². The number of H-pyrrole nitrogens is 1. The van der Waals surface area contributed by atoms with Gasteiger partial charge in [-0.05, 0) is 30.5 Å². The molecule has 0 saturated carbocycles. The molecule has 1 heterocycles. The number of carboxylic acid groups (broad SMARTS) is 1. The van der Waals surface area contributed by atoms with E-state index in [9.17, 15) is 4.79 Å². The lowest BCUT2D eigenvalue weighted by atomic mass is 10.1. The summed E-state index contributed by atoms with van der Waals surface area (Å²) in [4.78, 5) is 13.6. The third-order valence-electron chi connectivity index (χ3n) is 2.57. The van der Waals surface area contributed by atoms with E-state index in [0.29, 0.717) is 6.42 Å². The maximum absolute atomic E-state index is 10.4. The van der Waals surface area contributed by atoms with E-state index < -0.39 is 5.97 Å². The van der Waals surface area contributed by atoms with Gasteiger partial charge in [0.15, 0.2) is 0 Å². The van der Waals surface area contributed by atoms with Gasteiger partial charge in [0.1, 0.15) is 0 Å². The monoisotopic (exact) mass is 281 g/mol. The van der Waals surface area contributed by atoms with E-state index in [0.717, 1.165) is 21.8 Å². The largest absolute Gasteiger partial charge is 0.481 e. The molecule has 84 valence electrons. The number of carboxylic acids is 1. The van der Waals surface area contributed by atoms with Crippen molar-refractivity contribution in [1.82, 2.24) is 4.98 Å². The summed E-state index contributed by atoms with van der Waals surface area (Å²) in [5, 5.41) is 9.75. The molecular formula is C12H12BrNO2. The minimum absolute atomic E-state index is 0.219. The normalized spacial score (nSPS) is 10.8. The highest BCUT2D eigenvalue weighted by molar-refractivity contribution is 9.10. The maximum Gasteiger partial charge on any atom is 0.303 e. The molecule has 0 bridgehead atoms. The number of halogens is 1. The quantitative estimate of drug-likeness (QED) is 0.903. The number of aromatic nitrogens is 1. The zero-order valence-electron chi connectivity index (χ0n) is 8.66. The van der Waals surface area contributed by atoms with Crippen LogP contribution in [0.2, 0.25) is 0 Å². The van der Waals surface area contributed by atoms with Crippen molar-refractivity contribution < 1.29 is 9.90 Å². The molecule has 0 radical (unpaired) electrons. The maximum atomic E-state index is 10.4. The number of aryl methyl sites for hydroxylation is 1. The highest BCUT2D eigenvalue weighted by Crippen LogP contribution is 2.27. The summed E-state index contributed by atoms with van der Waals surface area (Å²) in [5.74, 6) is -0.737. The van der Waals surface area contributed by atoms with Gasteiger partial charge in [0, 0.05) is 28.0 Å². The summed E-state index contributed by atoms with van der Waals surface area (Å²) in [7, 11) is 0. The molecule has 0 aliphatic heterocycles. The first-order valence-corrected chi connectivity index (χ1v) is 5.94. The van der Waals surface area contributed by atoms with Gasteiger partial charge in [-0.25, -0.2) is 0 Å². The second kappa shape index (κ2) is 4.70. The van der Waals surface area contributed by atoms with Crippen LogP contribution in [-0.4, -0.2) is 16.1 Å². The van der Waals surface area contributed by atoms with Crippen LogP contribution in [0.15, 0.2) is 28.9 Å². The molecule has 0 fully saturated rings. The van der Waals surface area contributed by atoms with Crippen LogP contribution in [0.3, 0.4) is 0 Å². The van der Waals surface area contributed by atoms with Gasteiger partial charge < -0.3 is 10.1 Å². The summed E-state index contributed by atoms with van der Waals surface area (Å²) < 4.78 is 1.05. The fourth-order valence-corrected chi connectivity index (χ4v) is 2.46. The van der Waals surface area contributed by atoms with Crippen molar-refractivity contribution >= 4 is 32.8 Å². The molecule has 3 nitrogen and oxygen atoms in total. The lowest BCUT2D eigenvalue weighted by Crippen LogP contribution is -1.95. The second-order valence-electron chi connectivity index (χ2n) is 3.72. The fraction of sp³-hybridized carbons (Fsp3) is 0.250. The minimum atomic E-state index is -0.737. The average molecular weight is 282 g/mol. The van der Waals surface area contributed by atoms with E-state index in [1.54, 1.807) is 0 Å². The van der Waals surface area contributed by atoms with Crippen LogP contribution < -0.4 is 0 Å². The fourth-order valence-electron chi connectivity index (χ4n) is 1.84. The predicted molar refractivity (Wildman–Crippen MR) is 66.6 cm³/mol. The zero-order chi connectivity index (χ0) is 11.5. The van der Waals surface area contributed by atoms with Crippen LogP contribution in [0.25, 0.3) is 10.9 Å². The topological polar surface area (TPSA) is 53.1 Å². The van der Waals surface area contributed by atoms with Crippen LogP contribution in [0.1, 0.15) is 18.4 Å². The Hall–Kier alpha value is -1.29. The number of hydrogen-bond acceptors (Lipinski definition) is 1. The summed E-state index contributed by atoms with van der Waals surface area (Å²) in [6, 6.07) is 5.99. The number of fused-ring (bicyclic) bond motifs is 1. The summed E-state index contributed by atoms with van der Waals surface area (Å²) >= 11 is 3.51. The number of nitrogens with one attached hydrogen (secondary N) is 1. The van der Waals surface area contributed by atoms with Gasteiger partial charge in [-0.15, -0.1) is 0 Å². The summed E-state index contributed by atoms with van der Waals surface area (Å²) in [5.41, 5.74) is 2.25. The Kier molecular flexibility index (Phi) is 3.29. The summed E-state index contributed by atoms with van der Waals surface area (Å²) in [6.45, 7) is 0. The lowest BCUT2D eigenvalue weighted by molar-refractivity contribution is -0.137. The Balaban J connectivity index is 2.21. The smallest absolute Gasteiger partial charge is 0.303 e. The van der Waals surface area contributed by atoms with E-state index in [1.165, 1.54) is 5.56 Å². The van der Waals surface area contributed by atoms with Crippen LogP contribution in [0.5, 0.6) is 0 Å². The van der Waals surface area contributed by atoms with Gasteiger partial charge in [-0.3, -0.25) is 4.79 Å². The number of hydrogen-bond donors (Lipinski definition) is 2. The Bertz CT molecular complexity index is 519. The molecule has 0 unspecified atom stereocenters. The van der Waals surface area contributed by atoms with E-state index in [1.807, 2.05) is 24.4 Å². The van der Waals surface area contributed by atoms with Gasteiger partial charge in [0.05, 0.1) is 0 Å². The van der Waals surface area contributed by atoms with E-state index >= 15 is 0 Å². The predicted octanol–water partition coefficient (Wildman–Crippen LogP) is 3.34. The highest BCUT2D eigenvalue weighted by atomic mass is 79.9. The molecule has 0 saturated heterocycles. The van der Waals surface area contributed by atoms with Gasteiger partial charge in [0.2, 0.25) is 0 Å². The Morgan fingerprint density at radius 3 is 3.00 bits per heavy atom. The first-order valence-electron chi connectivity index (χ1n) is 5.15. The molecule has 16 heavy (non-hydrogen) atoms. The molecule has 4 heteroatoms. The van der Waals surface area contributed by atoms with Gasteiger partial charge in [0.25, 0.3) is 0 Å². The molecule has 0 aliphatic carbocycles. The minimum Gasteiger partial charge on any atom is -0.481 e. The molecule has 2 aromatic rings. The van der Waals surface area contributed by atoms with Crippen molar-refractivity contribution in [2.45, 2.75) is 19.3 Å². The third kappa shape index (κ3) is 2.27. The van der Waals surface area contributed by atoms with Crippen molar-refractivity contribution in [2.24, 2.45) is 0 Å². The van der Waals surface area contributed by atoms with Gasteiger partial charge in [-0.1, -0.05) is 22.0 Å². The van der Waals surface area contributed by atoms with E-state index in [-0.39, 0.29) is 6.42 Å². The average Bonchev–Trinajstić information content (AvgIpc) is 2.62. The third-order valence-corrected chi connectivity index (χ3v) is 3.23. The first-order chi connectivity index (χ1) is 7.68. The van der Waals surface area contributed by atoms with Gasteiger partial charge in [-0.2, -0.15) is 0 Å². The van der Waals surface area contributed by atoms with Crippen molar-refractivity contribution in [1.29, 1.82) is 0 Å². The number of aliphatic carboxylic acids is 1. The zero-order valence-corrected chi connectivity index (χ0v) is 10.3. The molecular weight excluding hydrogens is 270 g/mol. The molecule has 2 rings (SSSR count). The Morgan fingerprint density at radius 2 is 2.25 bits per heavy atom.